The van der Waals surface area contributed by atoms with Gasteiger partial charge in [-0.3, -0.25) is 9.48 Å². The SMILES string of the molecule is Nc1ncc(-c2cnn(CC(=O)N3CCC(O)C3)c2)cc1-c1nc2ccccc2s1. The molecule has 1 atom stereocenters. The van der Waals surface area contributed by atoms with Crippen molar-refractivity contribution in [3.05, 3.63) is 48.9 Å². The molecule has 0 radical (unpaired) electrons. The summed E-state index contributed by atoms with van der Waals surface area (Å²) in [4.78, 5) is 23.1. The maximum Gasteiger partial charge on any atom is 0.244 e. The number of thiazole rings is 1. The van der Waals surface area contributed by atoms with Gasteiger partial charge in [-0.15, -0.1) is 11.3 Å². The lowest BCUT2D eigenvalue weighted by Crippen LogP contribution is -2.32. The number of likely N-dealkylation sites (tertiary alicyclic amines) is 1. The molecular weight excluding hydrogens is 400 g/mol. The quantitative estimate of drug-likeness (QED) is 0.525. The highest BCUT2D eigenvalue weighted by Gasteiger charge is 2.24. The molecule has 0 spiro atoms. The van der Waals surface area contributed by atoms with Gasteiger partial charge in [-0.25, -0.2) is 9.97 Å². The Morgan fingerprint density at radius 2 is 2.13 bits per heavy atom. The van der Waals surface area contributed by atoms with Crippen LogP contribution in [-0.4, -0.2) is 54.9 Å². The third-order valence-corrected chi connectivity index (χ3v) is 6.29. The molecule has 152 valence electrons. The summed E-state index contributed by atoms with van der Waals surface area (Å²) in [7, 11) is 0. The van der Waals surface area contributed by atoms with E-state index in [-0.39, 0.29) is 12.5 Å². The number of nitrogens with two attached hydrogens (primary N) is 1. The van der Waals surface area contributed by atoms with Crippen LogP contribution >= 0.6 is 11.3 Å². The zero-order valence-corrected chi connectivity index (χ0v) is 16.9. The number of β-amino-alcohol motifs (C(OH)–C–C–N with tert-alkyl or cyclic N) is 1. The van der Waals surface area contributed by atoms with E-state index in [1.165, 1.54) is 0 Å². The molecule has 4 aromatic rings. The molecule has 0 saturated carbocycles. The molecule has 9 heteroatoms. The van der Waals surface area contributed by atoms with Gasteiger partial charge in [0, 0.05) is 36.6 Å². The van der Waals surface area contributed by atoms with E-state index in [4.69, 9.17) is 5.73 Å². The van der Waals surface area contributed by atoms with E-state index in [0.717, 1.165) is 31.9 Å². The van der Waals surface area contributed by atoms with E-state index in [9.17, 15) is 9.90 Å². The van der Waals surface area contributed by atoms with Gasteiger partial charge in [0.25, 0.3) is 0 Å². The summed E-state index contributed by atoms with van der Waals surface area (Å²) in [5, 5.41) is 14.8. The predicted octanol–water partition coefficient (Wildman–Crippen LogP) is 2.40. The molecule has 1 amide bonds. The van der Waals surface area contributed by atoms with Crippen LogP contribution in [0.2, 0.25) is 0 Å². The van der Waals surface area contributed by atoms with E-state index in [1.54, 1.807) is 33.3 Å². The van der Waals surface area contributed by atoms with Crippen LogP contribution in [0.1, 0.15) is 6.42 Å². The minimum absolute atomic E-state index is 0.0493. The molecule has 1 aromatic carbocycles. The number of aliphatic hydroxyl groups excluding tert-OH is 1. The van der Waals surface area contributed by atoms with Crippen LogP contribution in [0.3, 0.4) is 0 Å². The van der Waals surface area contributed by atoms with Gasteiger partial charge in [0.05, 0.1) is 28.1 Å². The number of nitrogen functional groups attached to an aromatic ring is 1. The summed E-state index contributed by atoms with van der Waals surface area (Å²) in [5.41, 5.74) is 9.55. The van der Waals surface area contributed by atoms with Gasteiger partial charge in [0.1, 0.15) is 17.4 Å². The summed E-state index contributed by atoms with van der Waals surface area (Å²) >= 11 is 1.57. The molecule has 5 rings (SSSR count). The van der Waals surface area contributed by atoms with Gasteiger partial charge >= 0.3 is 0 Å². The first-order chi connectivity index (χ1) is 14.6. The number of carbonyl (C=O) groups excluding carboxylic acids is 1. The number of para-hydroxylation sites is 1. The maximum atomic E-state index is 12.4. The van der Waals surface area contributed by atoms with Crippen LogP contribution in [0.5, 0.6) is 0 Å². The third kappa shape index (κ3) is 3.53. The average Bonchev–Trinajstić information content (AvgIpc) is 3.47. The number of nitrogens with zero attached hydrogens (tertiary/aromatic N) is 5. The van der Waals surface area contributed by atoms with Crippen LogP contribution in [-0.2, 0) is 11.3 Å². The van der Waals surface area contributed by atoms with Crippen molar-refractivity contribution in [3.8, 4) is 21.7 Å². The van der Waals surface area contributed by atoms with Gasteiger partial charge in [-0.2, -0.15) is 5.10 Å². The molecule has 0 aliphatic carbocycles. The monoisotopic (exact) mass is 420 g/mol. The van der Waals surface area contributed by atoms with Crippen LogP contribution in [0.15, 0.2) is 48.9 Å². The maximum absolute atomic E-state index is 12.4. The highest BCUT2D eigenvalue weighted by Crippen LogP contribution is 2.34. The molecule has 1 aliphatic heterocycles. The van der Waals surface area contributed by atoms with E-state index in [2.05, 4.69) is 15.1 Å². The normalized spacial score (nSPS) is 16.4. The molecule has 0 bridgehead atoms. The summed E-state index contributed by atoms with van der Waals surface area (Å²) in [6.07, 6.45) is 5.43. The second-order valence-corrected chi connectivity index (χ2v) is 8.38. The van der Waals surface area contributed by atoms with Crippen LogP contribution in [0.25, 0.3) is 31.9 Å². The van der Waals surface area contributed by atoms with Gasteiger partial charge in [0.15, 0.2) is 0 Å². The fraction of sp³-hybridized carbons (Fsp3) is 0.238. The van der Waals surface area contributed by atoms with Crippen molar-refractivity contribution < 1.29 is 9.90 Å². The Morgan fingerprint density at radius 3 is 2.93 bits per heavy atom. The molecule has 1 fully saturated rings. The second kappa shape index (κ2) is 7.51. The first kappa shape index (κ1) is 18.7. The predicted molar refractivity (Wildman–Crippen MR) is 116 cm³/mol. The fourth-order valence-corrected chi connectivity index (χ4v) is 4.59. The van der Waals surface area contributed by atoms with Crippen molar-refractivity contribution in [2.24, 2.45) is 0 Å². The largest absolute Gasteiger partial charge is 0.391 e. The average molecular weight is 420 g/mol. The Bertz CT molecular complexity index is 1200. The number of hydrogen-bond donors (Lipinski definition) is 2. The fourth-order valence-electron chi connectivity index (χ4n) is 3.60. The zero-order chi connectivity index (χ0) is 20.7. The van der Waals surface area contributed by atoms with E-state index in [0.29, 0.717) is 25.3 Å². The molecule has 4 heterocycles. The van der Waals surface area contributed by atoms with Gasteiger partial charge in [0.2, 0.25) is 5.91 Å². The van der Waals surface area contributed by atoms with Crippen LogP contribution in [0, 0.1) is 0 Å². The van der Waals surface area contributed by atoms with E-state index < -0.39 is 6.10 Å². The molecule has 3 N–H and O–H groups in total. The van der Waals surface area contributed by atoms with E-state index in [1.807, 2.05) is 36.5 Å². The lowest BCUT2D eigenvalue weighted by Gasteiger charge is -2.15. The Kier molecular flexibility index (Phi) is 4.68. The zero-order valence-electron chi connectivity index (χ0n) is 16.1. The summed E-state index contributed by atoms with van der Waals surface area (Å²) in [5.74, 6) is 0.375. The molecule has 1 saturated heterocycles. The number of aliphatic hydroxyl groups is 1. The molecule has 1 unspecified atom stereocenters. The minimum atomic E-state index is -0.427. The lowest BCUT2D eigenvalue weighted by molar-refractivity contribution is -0.131. The number of anilines is 1. The number of carbonyl (C=O) groups is 1. The first-order valence-electron chi connectivity index (χ1n) is 9.67. The third-order valence-electron chi connectivity index (χ3n) is 5.22. The standard InChI is InChI=1S/C21H20N6O2S/c22-20-16(21-25-17-3-1-2-4-18(17)30-21)7-13(8-23-20)14-9-24-27(10-14)12-19(29)26-6-5-15(28)11-26/h1-4,7-10,15,28H,5-6,11-12H2,(H2,22,23). The summed E-state index contributed by atoms with van der Waals surface area (Å²) < 4.78 is 2.70. The summed E-state index contributed by atoms with van der Waals surface area (Å²) in [6, 6.07) is 9.91. The van der Waals surface area contributed by atoms with Gasteiger partial charge in [-0.1, -0.05) is 12.1 Å². The van der Waals surface area contributed by atoms with E-state index >= 15 is 0 Å². The molecule has 30 heavy (non-hydrogen) atoms. The van der Waals surface area contributed by atoms with Gasteiger partial charge in [-0.05, 0) is 24.6 Å². The highest BCUT2D eigenvalue weighted by molar-refractivity contribution is 7.21. The van der Waals surface area contributed by atoms with Gasteiger partial charge < -0.3 is 15.7 Å². The highest BCUT2D eigenvalue weighted by atomic mass is 32.1. The second-order valence-electron chi connectivity index (χ2n) is 7.35. The van der Waals surface area contributed by atoms with Crippen molar-refractivity contribution in [2.45, 2.75) is 19.1 Å². The number of hydrogen-bond acceptors (Lipinski definition) is 7. The summed E-state index contributed by atoms with van der Waals surface area (Å²) in [6.45, 7) is 1.11. The van der Waals surface area contributed by atoms with Crippen molar-refractivity contribution in [1.29, 1.82) is 0 Å². The smallest absolute Gasteiger partial charge is 0.244 e. The topological polar surface area (TPSA) is 110 Å². The molecular formula is C21H20N6O2S. The number of aromatic nitrogens is 4. The molecule has 1 aliphatic rings. The van der Waals surface area contributed by atoms with Crippen molar-refractivity contribution in [1.82, 2.24) is 24.6 Å². The van der Waals surface area contributed by atoms with Crippen molar-refractivity contribution in [2.75, 3.05) is 18.8 Å². The molecule has 3 aromatic heterocycles. The minimum Gasteiger partial charge on any atom is -0.391 e. The number of amides is 1. The number of fused-ring (bicyclic) bond motifs is 1. The first-order valence-corrected chi connectivity index (χ1v) is 10.5. The number of rotatable bonds is 4. The Labute approximate surface area is 176 Å². The lowest BCUT2D eigenvalue weighted by atomic mass is 10.1. The Morgan fingerprint density at radius 1 is 1.27 bits per heavy atom. The van der Waals surface area contributed by atoms with Crippen LogP contribution < -0.4 is 5.73 Å². The molecule has 8 nitrogen and oxygen atoms in total. The van der Waals surface area contributed by atoms with Crippen LogP contribution in [0.4, 0.5) is 5.82 Å². The number of benzene rings is 1. The van der Waals surface area contributed by atoms with Crippen molar-refractivity contribution in [3.63, 3.8) is 0 Å². The van der Waals surface area contributed by atoms with Crippen molar-refractivity contribution >= 4 is 33.3 Å². The Hall–Kier alpha value is -3.30. The Balaban J connectivity index is 1.40. The number of pyridine rings is 1.